The van der Waals surface area contributed by atoms with Gasteiger partial charge >= 0.3 is 0 Å². The van der Waals surface area contributed by atoms with E-state index in [1.54, 1.807) is 10.8 Å². The maximum absolute atomic E-state index is 10.6. The third-order valence-electron chi connectivity index (χ3n) is 2.13. The van der Waals surface area contributed by atoms with Crippen LogP contribution in [0.15, 0.2) is 30.5 Å². The highest BCUT2D eigenvalue weighted by Crippen LogP contribution is 2.18. The molecule has 2 rings (SSSR count). The highest BCUT2D eigenvalue weighted by atomic mass is 16.1. The van der Waals surface area contributed by atoms with Crippen molar-refractivity contribution in [1.82, 2.24) is 4.57 Å². The maximum Gasteiger partial charge on any atom is 0.218 e. The number of rotatable bonds is 2. The molecule has 2 aromatic rings. The smallest absolute Gasteiger partial charge is 0.218 e. The van der Waals surface area contributed by atoms with E-state index in [9.17, 15) is 4.79 Å². The summed E-state index contributed by atoms with van der Waals surface area (Å²) in [6.07, 6.45) is 2.57. The molecule has 1 aromatic heterocycles. The summed E-state index contributed by atoms with van der Waals surface area (Å²) in [6.45, 7) is 0. The van der Waals surface area contributed by atoms with Crippen LogP contribution >= 0.6 is 0 Å². The zero-order valence-corrected chi connectivity index (χ0v) is 7.32. The van der Waals surface area contributed by atoms with Crippen LogP contribution in [0.2, 0.25) is 0 Å². The maximum atomic E-state index is 10.6. The largest absolute Gasteiger partial charge is 0.388 e. The highest BCUT2D eigenvalue weighted by Gasteiger charge is 1.99. The van der Waals surface area contributed by atoms with Gasteiger partial charge in [-0.05, 0) is 18.2 Å². The van der Waals surface area contributed by atoms with Gasteiger partial charge in [0.1, 0.15) is 0 Å². The summed E-state index contributed by atoms with van der Waals surface area (Å²) < 4.78 is 1.57. The first-order chi connectivity index (χ1) is 6.35. The Kier molecular flexibility index (Phi) is 1.77. The fourth-order valence-corrected chi connectivity index (χ4v) is 1.40. The Morgan fingerprint density at radius 1 is 1.38 bits per heavy atom. The number of carbonyl (C=O) groups is 1. The quantitative estimate of drug-likeness (QED) is 0.703. The standard InChI is InChI=1S/C10H10N2O/c1-11-9-3-2-8-4-5-12(7-13)10(8)6-9/h2-7,11H,1H3. The number of nitrogens with one attached hydrogen (secondary N) is 1. The van der Waals surface area contributed by atoms with Crippen LogP contribution in [-0.4, -0.2) is 18.0 Å². The first-order valence-electron chi connectivity index (χ1n) is 4.09. The lowest BCUT2D eigenvalue weighted by Gasteiger charge is -2.00. The third kappa shape index (κ3) is 1.18. The molecule has 0 spiro atoms. The molecule has 1 heterocycles. The van der Waals surface area contributed by atoms with Gasteiger partial charge in [0.2, 0.25) is 6.41 Å². The van der Waals surface area contributed by atoms with Gasteiger partial charge in [0.25, 0.3) is 0 Å². The number of benzene rings is 1. The minimum absolute atomic E-state index is 0.807. The number of nitrogens with zero attached hydrogens (tertiary/aromatic N) is 1. The SMILES string of the molecule is CNc1ccc2ccn(C=O)c2c1. The third-order valence-corrected chi connectivity index (χ3v) is 2.13. The Hall–Kier alpha value is -1.77. The Morgan fingerprint density at radius 2 is 2.23 bits per heavy atom. The molecular weight excluding hydrogens is 164 g/mol. The molecule has 0 saturated carbocycles. The molecule has 0 saturated heterocycles. The molecule has 1 aromatic carbocycles. The molecule has 3 nitrogen and oxygen atoms in total. The van der Waals surface area contributed by atoms with Crippen molar-refractivity contribution in [3.8, 4) is 0 Å². The summed E-state index contributed by atoms with van der Waals surface area (Å²) >= 11 is 0. The van der Waals surface area contributed by atoms with Gasteiger partial charge in [-0.1, -0.05) is 6.07 Å². The molecule has 0 fully saturated rings. The molecule has 0 amide bonds. The number of carbonyl (C=O) groups excluding carboxylic acids is 1. The summed E-state index contributed by atoms with van der Waals surface area (Å²) in [7, 11) is 1.86. The summed E-state index contributed by atoms with van der Waals surface area (Å²) in [6, 6.07) is 7.84. The Labute approximate surface area is 76.0 Å². The lowest BCUT2D eigenvalue weighted by atomic mass is 10.2. The van der Waals surface area contributed by atoms with Crippen molar-refractivity contribution in [1.29, 1.82) is 0 Å². The first-order valence-corrected chi connectivity index (χ1v) is 4.09. The van der Waals surface area contributed by atoms with Crippen molar-refractivity contribution in [3.63, 3.8) is 0 Å². The Morgan fingerprint density at radius 3 is 2.92 bits per heavy atom. The second-order valence-electron chi connectivity index (χ2n) is 2.85. The van der Waals surface area contributed by atoms with Gasteiger partial charge in [-0.15, -0.1) is 0 Å². The van der Waals surface area contributed by atoms with Crippen LogP contribution < -0.4 is 5.32 Å². The average molecular weight is 174 g/mol. The predicted molar refractivity (Wildman–Crippen MR) is 53.6 cm³/mol. The summed E-state index contributed by atoms with van der Waals surface area (Å²) in [4.78, 5) is 10.6. The summed E-state index contributed by atoms with van der Waals surface area (Å²) in [5, 5.41) is 4.11. The Bertz CT molecular complexity index is 445. The molecule has 0 radical (unpaired) electrons. The predicted octanol–water partition coefficient (Wildman–Crippen LogP) is 1.72. The number of hydrogen-bond acceptors (Lipinski definition) is 2. The van der Waals surface area contributed by atoms with E-state index in [1.807, 2.05) is 31.3 Å². The van der Waals surface area contributed by atoms with E-state index >= 15 is 0 Å². The Balaban J connectivity index is 2.71. The van der Waals surface area contributed by atoms with E-state index in [4.69, 9.17) is 0 Å². The van der Waals surface area contributed by atoms with E-state index in [0.717, 1.165) is 23.0 Å². The van der Waals surface area contributed by atoms with E-state index in [2.05, 4.69) is 5.32 Å². The molecule has 0 unspecified atom stereocenters. The molecule has 0 atom stereocenters. The van der Waals surface area contributed by atoms with Crippen molar-refractivity contribution in [2.45, 2.75) is 0 Å². The van der Waals surface area contributed by atoms with Crippen LogP contribution in [0.1, 0.15) is 0 Å². The van der Waals surface area contributed by atoms with Crippen molar-refractivity contribution in [2.75, 3.05) is 12.4 Å². The van der Waals surface area contributed by atoms with Crippen molar-refractivity contribution in [3.05, 3.63) is 30.5 Å². The van der Waals surface area contributed by atoms with Crippen molar-refractivity contribution in [2.24, 2.45) is 0 Å². The second-order valence-corrected chi connectivity index (χ2v) is 2.85. The molecule has 3 heteroatoms. The molecule has 0 bridgehead atoms. The average Bonchev–Trinajstić information content (AvgIpc) is 2.59. The van der Waals surface area contributed by atoms with Gasteiger partial charge in [-0.2, -0.15) is 0 Å². The van der Waals surface area contributed by atoms with E-state index in [0.29, 0.717) is 0 Å². The van der Waals surface area contributed by atoms with Crippen molar-refractivity contribution < 1.29 is 4.79 Å². The highest BCUT2D eigenvalue weighted by molar-refractivity contribution is 5.87. The summed E-state index contributed by atoms with van der Waals surface area (Å²) in [5.41, 5.74) is 1.94. The van der Waals surface area contributed by atoms with Crippen LogP contribution in [0.5, 0.6) is 0 Å². The number of hydrogen-bond donors (Lipinski definition) is 1. The zero-order chi connectivity index (χ0) is 9.26. The van der Waals surface area contributed by atoms with Crippen LogP contribution in [-0.2, 0) is 4.79 Å². The summed E-state index contributed by atoms with van der Waals surface area (Å²) in [5.74, 6) is 0. The molecule has 1 N–H and O–H groups in total. The van der Waals surface area contributed by atoms with Gasteiger partial charge in [0.15, 0.2) is 0 Å². The first kappa shape index (κ1) is 7.86. The van der Waals surface area contributed by atoms with Crippen LogP contribution in [0.25, 0.3) is 10.9 Å². The zero-order valence-electron chi connectivity index (χ0n) is 7.32. The van der Waals surface area contributed by atoms with E-state index in [-0.39, 0.29) is 0 Å². The van der Waals surface area contributed by atoms with Gasteiger partial charge in [0.05, 0.1) is 5.52 Å². The molecule has 0 aliphatic carbocycles. The normalized spacial score (nSPS) is 10.2. The lowest BCUT2D eigenvalue weighted by molar-refractivity contribution is 0.549. The minimum Gasteiger partial charge on any atom is -0.388 e. The monoisotopic (exact) mass is 174 g/mol. The fraction of sp³-hybridized carbons (Fsp3) is 0.100. The van der Waals surface area contributed by atoms with Crippen molar-refractivity contribution >= 4 is 23.0 Å². The van der Waals surface area contributed by atoms with Crippen LogP contribution in [0.4, 0.5) is 5.69 Å². The van der Waals surface area contributed by atoms with Crippen LogP contribution in [0, 0.1) is 0 Å². The molecule has 66 valence electrons. The van der Waals surface area contributed by atoms with Crippen LogP contribution in [0.3, 0.4) is 0 Å². The lowest BCUT2D eigenvalue weighted by Crippen LogP contribution is -1.92. The topological polar surface area (TPSA) is 34.0 Å². The number of anilines is 1. The minimum atomic E-state index is 0.807. The molecular formula is C10H10N2O. The van der Waals surface area contributed by atoms with Gasteiger partial charge < -0.3 is 5.32 Å². The number of fused-ring (bicyclic) bond motifs is 1. The van der Waals surface area contributed by atoms with Gasteiger partial charge in [0, 0.05) is 24.3 Å². The number of aromatic nitrogens is 1. The van der Waals surface area contributed by atoms with Gasteiger partial charge in [-0.25, -0.2) is 0 Å². The molecule has 0 aliphatic heterocycles. The molecule has 0 aliphatic rings. The van der Waals surface area contributed by atoms with E-state index < -0.39 is 0 Å². The molecule has 13 heavy (non-hydrogen) atoms. The van der Waals surface area contributed by atoms with Gasteiger partial charge in [-0.3, -0.25) is 9.36 Å². The fourth-order valence-electron chi connectivity index (χ4n) is 1.40. The van der Waals surface area contributed by atoms with E-state index in [1.165, 1.54) is 0 Å². The second kappa shape index (κ2) is 2.94.